The second-order valence-corrected chi connectivity index (χ2v) is 5.49. The van der Waals surface area contributed by atoms with Crippen LogP contribution in [-0.4, -0.2) is 39.3 Å². The fourth-order valence-corrected chi connectivity index (χ4v) is 2.80. The highest BCUT2D eigenvalue weighted by molar-refractivity contribution is 6.08. The molecule has 0 fully saturated rings. The minimum Gasteiger partial charge on any atom is -0.496 e. The molecule has 3 aromatic rings. The predicted octanol–water partition coefficient (Wildman–Crippen LogP) is 3.47. The molecule has 0 atom stereocenters. The Kier molecular flexibility index (Phi) is 4.52. The van der Waals surface area contributed by atoms with Crippen molar-refractivity contribution in [1.82, 2.24) is 4.98 Å². The number of H-pyrrole nitrogens is 1. The number of aromatic nitrogens is 1. The Balaban J connectivity index is 2.10. The molecule has 0 saturated carbocycles. The van der Waals surface area contributed by atoms with Gasteiger partial charge in [0.1, 0.15) is 11.4 Å². The molecule has 1 aromatic heterocycles. The molecule has 1 heterocycles. The van der Waals surface area contributed by atoms with Crippen LogP contribution >= 0.6 is 0 Å². The molecule has 130 valence electrons. The fourth-order valence-electron chi connectivity index (χ4n) is 2.80. The first kappa shape index (κ1) is 16.7. The van der Waals surface area contributed by atoms with E-state index in [0.717, 1.165) is 11.1 Å². The third kappa shape index (κ3) is 2.87. The van der Waals surface area contributed by atoms with E-state index < -0.39 is 0 Å². The van der Waals surface area contributed by atoms with Crippen molar-refractivity contribution in [3.63, 3.8) is 0 Å². The summed E-state index contributed by atoms with van der Waals surface area (Å²) in [7, 11) is 6.42. The standard InChI is InChI=1S/C19H20N2O4/c1-21(12-8-6-5-7-9-12)19(22)14-10-13-15(23-2)11-16(24-3)18(25-4)17(13)20-14/h5-11,20H,1-4H3. The normalized spacial score (nSPS) is 10.6. The Morgan fingerprint density at radius 3 is 2.24 bits per heavy atom. The van der Waals surface area contributed by atoms with Gasteiger partial charge >= 0.3 is 0 Å². The maximum atomic E-state index is 12.9. The summed E-state index contributed by atoms with van der Waals surface area (Å²) in [4.78, 5) is 17.6. The van der Waals surface area contributed by atoms with E-state index in [-0.39, 0.29) is 5.91 Å². The van der Waals surface area contributed by atoms with Crippen molar-refractivity contribution in [2.45, 2.75) is 0 Å². The zero-order chi connectivity index (χ0) is 18.0. The summed E-state index contributed by atoms with van der Waals surface area (Å²) < 4.78 is 16.2. The van der Waals surface area contributed by atoms with Gasteiger partial charge in [0.15, 0.2) is 11.5 Å². The first-order valence-corrected chi connectivity index (χ1v) is 7.75. The number of rotatable bonds is 5. The molecular weight excluding hydrogens is 320 g/mol. The molecule has 25 heavy (non-hydrogen) atoms. The molecule has 0 aliphatic heterocycles. The molecule has 0 spiro atoms. The minimum atomic E-state index is -0.162. The van der Waals surface area contributed by atoms with E-state index in [1.807, 2.05) is 30.3 Å². The van der Waals surface area contributed by atoms with Crippen molar-refractivity contribution in [2.24, 2.45) is 0 Å². The first-order valence-electron chi connectivity index (χ1n) is 7.75. The molecule has 2 aromatic carbocycles. The lowest BCUT2D eigenvalue weighted by Gasteiger charge is -2.16. The van der Waals surface area contributed by atoms with Gasteiger partial charge in [0, 0.05) is 24.2 Å². The summed E-state index contributed by atoms with van der Waals surface area (Å²) in [5, 5.41) is 0.755. The molecule has 6 nitrogen and oxygen atoms in total. The summed E-state index contributed by atoms with van der Waals surface area (Å²) in [5.74, 6) is 1.50. The van der Waals surface area contributed by atoms with E-state index in [1.54, 1.807) is 45.4 Å². The number of methoxy groups -OCH3 is 3. The van der Waals surface area contributed by atoms with Gasteiger partial charge in [0.2, 0.25) is 0 Å². The van der Waals surface area contributed by atoms with Crippen molar-refractivity contribution in [3.05, 3.63) is 48.2 Å². The van der Waals surface area contributed by atoms with Crippen molar-refractivity contribution < 1.29 is 19.0 Å². The number of hydrogen-bond donors (Lipinski definition) is 1. The van der Waals surface area contributed by atoms with Crippen LogP contribution in [0.3, 0.4) is 0 Å². The summed E-state index contributed by atoms with van der Waals surface area (Å²) in [6.45, 7) is 0. The zero-order valence-electron chi connectivity index (χ0n) is 14.6. The number of carbonyl (C=O) groups is 1. The quantitative estimate of drug-likeness (QED) is 0.772. The summed E-state index contributed by atoms with van der Waals surface area (Å²) in [6.07, 6.45) is 0. The van der Waals surface area contributed by atoms with E-state index in [1.165, 1.54) is 0 Å². The number of carbonyl (C=O) groups excluding carboxylic acids is 1. The number of nitrogens with zero attached hydrogens (tertiary/aromatic N) is 1. The molecule has 3 rings (SSSR count). The van der Waals surface area contributed by atoms with Crippen LogP contribution in [0, 0.1) is 0 Å². The Labute approximate surface area is 145 Å². The highest BCUT2D eigenvalue weighted by Crippen LogP contribution is 2.41. The van der Waals surface area contributed by atoms with Gasteiger partial charge in [-0.1, -0.05) is 18.2 Å². The zero-order valence-corrected chi connectivity index (χ0v) is 14.6. The monoisotopic (exact) mass is 340 g/mol. The Morgan fingerprint density at radius 2 is 1.64 bits per heavy atom. The molecular formula is C19H20N2O4. The SMILES string of the molecule is COc1cc(OC)c2cc(C(=O)N(C)c3ccccc3)[nH]c2c1OC. The molecule has 0 bridgehead atoms. The highest BCUT2D eigenvalue weighted by Gasteiger charge is 2.21. The summed E-state index contributed by atoms with van der Waals surface area (Å²) in [5.41, 5.74) is 1.90. The van der Waals surface area contributed by atoms with Crippen LogP contribution in [0.5, 0.6) is 17.2 Å². The van der Waals surface area contributed by atoms with Crippen LogP contribution in [0.25, 0.3) is 10.9 Å². The Hall–Kier alpha value is -3.15. The van der Waals surface area contributed by atoms with Gasteiger partial charge in [-0.3, -0.25) is 4.79 Å². The van der Waals surface area contributed by atoms with E-state index >= 15 is 0 Å². The molecule has 1 N–H and O–H groups in total. The van der Waals surface area contributed by atoms with Gasteiger partial charge in [-0.2, -0.15) is 0 Å². The average molecular weight is 340 g/mol. The van der Waals surface area contributed by atoms with Gasteiger partial charge in [-0.15, -0.1) is 0 Å². The maximum Gasteiger partial charge on any atom is 0.274 e. The average Bonchev–Trinajstić information content (AvgIpc) is 3.11. The lowest BCUT2D eigenvalue weighted by atomic mass is 10.2. The molecule has 1 amide bonds. The largest absolute Gasteiger partial charge is 0.496 e. The molecule has 0 unspecified atom stereocenters. The lowest BCUT2D eigenvalue weighted by molar-refractivity contribution is 0.0989. The molecule has 0 saturated heterocycles. The number of benzene rings is 2. The van der Waals surface area contributed by atoms with E-state index in [0.29, 0.717) is 28.5 Å². The number of aromatic amines is 1. The number of anilines is 1. The van der Waals surface area contributed by atoms with Crippen LogP contribution in [0.2, 0.25) is 0 Å². The first-order chi connectivity index (χ1) is 12.1. The lowest BCUT2D eigenvalue weighted by Crippen LogP contribution is -2.26. The summed E-state index contributed by atoms with van der Waals surface area (Å²) in [6, 6.07) is 13.0. The van der Waals surface area contributed by atoms with Gasteiger partial charge in [0.05, 0.1) is 26.8 Å². The molecule has 0 aliphatic carbocycles. The van der Waals surface area contributed by atoms with E-state index in [9.17, 15) is 4.79 Å². The van der Waals surface area contributed by atoms with Crippen molar-refractivity contribution >= 4 is 22.5 Å². The second-order valence-electron chi connectivity index (χ2n) is 5.49. The number of hydrogen-bond acceptors (Lipinski definition) is 4. The molecule has 6 heteroatoms. The third-order valence-electron chi connectivity index (χ3n) is 4.12. The van der Waals surface area contributed by atoms with Crippen LogP contribution in [0.4, 0.5) is 5.69 Å². The number of fused-ring (bicyclic) bond motifs is 1. The molecule has 0 aliphatic rings. The Bertz CT molecular complexity index is 903. The number of para-hydroxylation sites is 1. The fraction of sp³-hybridized carbons (Fsp3) is 0.211. The minimum absolute atomic E-state index is 0.162. The van der Waals surface area contributed by atoms with Crippen LogP contribution in [0.1, 0.15) is 10.5 Å². The Morgan fingerprint density at radius 1 is 0.960 bits per heavy atom. The van der Waals surface area contributed by atoms with E-state index in [2.05, 4.69) is 4.98 Å². The van der Waals surface area contributed by atoms with Gasteiger partial charge in [0.25, 0.3) is 5.91 Å². The maximum absolute atomic E-state index is 12.9. The number of ether oxygens (including phenoxy) is 3. The topological polar surface area (TPSA) is 63.8 Å². The predicted molar refractivity (Wildman–Crippen MR) is 97.1 cm³/mol. The number of nitrogens with one attached hydrogen (secondary N) is 1. The van der Waals surface area contributed by atoms with Gasteiger partial charge < -0.3 is 24.1 Å². The second kappa shape index (κ2) is 6.76. The number of amides is 1. The van der Waals surface area contributed by atoms with Crippen molar-refractivity contribution in [1.29, 1.82) is 0 Å². The smallest absolute Gasteiger partial charge is 0.274 e. The van der Waals surface area contributed by atoms with Gasteiger partial charge in [-0.25, -0.2) is 0 Å². The van der Waals surface area contributed by atoms with Crippen molar-refractivity contribution in [2.75, 3.05) is 33.3 Å². The highest BCUT2D eigenvalue weighted by atomic mass is 16.5. The third-order valence-corrected chi connectivity index (χ3v) is 4.12. The van der Waals surface area contributed by atoms with Crippen LogP contribution in [0.15, 0.2) is 42.5 Å². The van der Waals surface area contributed by atoms with Crippen molar-refractivity contribution in [3.8, 4) is 17.2 Å². The molecule has 0 radical (unpaired) electrons. The van der Waals surface area contributed by atoms with Crippen LogP contribution < -0.4 is 19.1 Å². The van der Waals surface area contributed by atoms with Crippen LogP contribution in [-0.2, 0) is 0 Å². The van der Waals surface area contributed by atoms with Gasteiger partial charge in [-0.05, 0) is 18.2 Å². The summed E-state index contributed by atoms with van der Waals surface area (Å²) >= 11 is 0. The van der Waals surface area contributed by atoms with E-state index in [4.69, 9.17) is 14.2 Å².